The van der Waals surface area contributed by atoms with Gasteiger partial charge < -0.3 is 9.84 Å². The van der Waals surface area contributed by atoms with Crippen molar-refractivity contribution in [3.8, 4) is 0 Å². The minimum Gasteiger partial charge on any atom is -0.390 e. The lowest BCUT2D eigenvalue weighted by Gasteiger charge is -2.31. The molecule has 1 heterocycles. The quantitative estimate of drug-likeness (QED) is 0.465. The molecular weight excluding hydrogens is 244 g/mol. The number of hydrogen-bond acceptors (Lipinski definition) is 4. The van der Waals surface area contributed by atoms with Gasteiger partial charge in [0.05, 0.1) is 17.3 Å². The molecular formula is C15H18O4. The maximum atomic E-state index is 12.3. The van der Waals surface area contributed by atoms with Gasteiger partial charge in [-0.2, -0.15) is 0 Å². The fourth-order valence-electron chi connectivity index (χ4n) is 2.61. The van der Waals surface area contributed by atoms with Crippen LogP contribution in [0.25, 0.3) is 0 Å². The summed E-state index contributed by atoms with van der Waals surface area (Å²) in [4.78, 5) is 24.3. The minimum absolute atomic E-state index is 0.0794. The fraction of sp³-hybridized carbons (Fsp3) is 0.467. The summed E-state index contributed by atoms with van der Waals surface area (Å²) in [7, 11) is 0. The van der Waals surface area contributed by atoms with Gasteiger partial charge in [-0.1, -0.05) is 12.7 Å². The highest BCUT2D eigenvalue weighted by molar-refractivity contribution is 6.30. The van der Waals surface area contributed by atoms with E-state index in [-0.39, 0.29) is 17.8 Å². The van der Waals surface area contributed by atoms with Crippen LogP contribution in [0.5, 0.6) is 0 Å². The molecule has 19 heavy (non-hydrogen) atoms. The molecule has 0 saturated carbocycles. The van der Waals surface area contributed by atoms with Crippen LogP contribution >= 0.6 is 0 Å². The van der Waals surface area contributed by atoms with Crippen molar-refractivity contribution in [2.75, 3.05) is 0 Å². The molecule has 4 heteroatoms. The summed E-state index contributed by atoms with van der Waals surface area (Å²) in [5, 5.41) is 10.0. The Morgan fingerprint density at radius 3 is 2.63 bits per heavy atom. The maximum Gasteiger partial charge on any atom is 0.202 e. The molecule has 1 N–H and O–H groups in total. The number of rotatable bonds is 2. The van der Waals surface area contributed by atoms with Crippen molar-refractivity contribution in [3.05, 3.63) is 36.5 Å². The lowest BCUT2D eigenvalue weighted by atomic mass is 9.78. The number of carbonyl (C=O) groups is 2. The maximum absolute atomic E-state index is 12.3. The van der Waals surface area contributed by atoms with Gasteiger partial charge in [-0.3, -0.25) is 9.59 Å². The van der Waals surface area contributed by atoms with Crippen molar-refractivity contribution in [2.24, 2.45) is 0 Å². The van der Waals surface area contributed by atoms with Crippen LogP contribution in [0.15, 0.2) is 36.5 Å². The topological polar surface area (TPSA) is 63.6 Å². The summed E-state index contributed by atoms with van der Waals surface area (Å²) < 4.78 is 5.77. The Morgan fingerprint density at radius 2 is 2.16 bits per heavy atom. The van der Waals surface area contributed by atoms with E-state index in [0.717, 1.165) is 0 Å². The average molecular weight is 262 g/mol. The van der Waals surface area contributed by atoms with Gasteiger partial charge >= 0.3 is 0 Å². The molecule has 1 spiro atoms. The largest absolute Gasteiger partial charge is 0.390 e. The van der Waals surface area contributed by atoms with E-state index in [4.69, 9.17) is 4.74 Å². The van der Waals surface area contributed by atoms with E-state index >= 15 is 0 Å². The number of carbonyl (C=O) groups excluding carboxylic acids is 2. The van der Waals surface area contributed by atoms with Crippen molar-refractivity contribution in [1.82, 2.24) is 0 Å². The molecule has 0 radical (unpaired) electrons. The smallest absolute Gasteiger partial charge is 0.202 e. The Kier molecular flexibility index (Phi) is 3.11. The third-order valence-electron chi connectivity index (χ3n) is 3.74. The van der Waals surface area contributed by atoms with E-state index < -0.39 is 23.1 Å². The molecule has 4 nitrogen and oxygen atoms in total. The average Bonchev–Trinajstić information content (AvgIpc) is 2.55. The zero-order valence-electron chi connectivity index (χ0n) is 11.2. The number of Topliss-reactive ketones (excluding diaryl/α,β-unsaturated/α-hetero) is 2. The number of aliphatic hydroxyl groups excluding tert-OH is 1. The molecule has 1 saturated heterocycles. The first kappa shape index (κ1) is 13.9. The number of aliphatic hydroxyl groups is 1. The highest BCUT2D eigenvalue weighted by Crippen LogP contribution is 2.43. The molecule has 1 aliphatic heterocycles. The molecule has 0 aromatic carbocycles. The van der Waals surface area contributed by atoms with Crippen LogP contribution in [0.3, 0.4) is 0 Å². The Labute approximate surface area is 112 Å². The van der Waals surface area contributed by atoms with E-state index in [0.29, 0.717) is 12.0 Å². The summed E-state index contributed by atoms with van der Waals surface area (Å²) in [6, 6.07) is 0. The molecule has 2 aliphatic rings. The fourth-order valence-corrected chi connectivity index (χ4v) is 2.61. The number of ketones is 2. The molecule has 0 amide bonds. The van der Waals surface area contributed by atoms with Crippen LogP contribution in [0.4, 0.5) is 0 Å². The first-order chi connectivity index (χ1) is 8.73. The predicted octanol–water partition coefficient (Wildman–Crippen LogP) is 1.50. The second kappa shape index (κ2) is 4.25. The summed E-state index contributed by atoms with van der Waals surface area (Å²) in [6.07, 6.45) is 2.86. The molecule has 0 unspecified atom stereocenters. The standard InChI is InChI=1S/C15H18O4/c1-5-6-10-7-15(13(18)9(2)12(10)17)8-11(16)14(3,4)19-15/h5,7,11,16H,1-2,6,8H2,3-4H3/t11-,15+/m1/s1. The minimum atomic E-state index is -1.26. The van der Waals surface area contributed by atoms with Crippen LogP contribution in [-0.4, -0.2) is 34.0 Å². The summed E-state index contributed by atoms with van der Waals surface area (Å²) >= 11 is 0. The van der Waals surface area contributed by atoms with Gasteiger partial charge in [0.2, 0.25) is 5.78 Å². The van der Waals surface area contributed by atoms with Gasteiger partial charge in [0.25, 0.3) is 0 Å². The zero-order valence-corrected chi connectivity index (χ0v) is 11.2. The van der Waals surface area contributed by atoms with Crippen LogP contribution < -0.4 is 0 Å². The predicted molar refractivity (Wildman–Crippen MR) is 70.6 cm³/mol. The van der Waals surface area contributed by atoms with Gasteiger partial charge in [0.1, 0.15) is 0 Å². The summed E-state index contributed by atoms with van der Waals surface area (Å²) in [5.74, 6) is -0.812. The lowest BCUT2D eigenvalue weighted by Crippen LogP contribution is -2.44. The van der Waals surface area contributed by atoms with Crippen LogP contribution in [0.1, 0.15) is 26.7 Å². The van der Waals surface area contributed by atoms with Crippen molar-refractivity contribution in [1.29, 1.82) is 0 Å². The van der Waals surface area contributed by atoms with Gasteiger partial charge in [0.15, 0.2) is 11.4 Å². The van der Waals surface area contributed by atoms with E-state index in [2.05, 4.69) is 13.2 Å². The van der Waals surface area contributed by atoms with Crippen molar-refractivity contribution in [3.63, 3.8) is 0 Å². The van der Waals surface area contributed by atoms with E-state index in [1.54, 1.807) is 19.9 Å². The first-order valence-electron chi connectivity index (χ1n) is 6.23. The number of allylic oxidation sites excluding steroid dienone is 2. The van der Waals surface area contributed by atoms with Crippen LogP contribution in [0.2, 0.25) is 0 Å². The Bertz CT molecular complexity index is 512. The third kappa shape index (κ3) is 2.01. The molecule has 0 aromatic heterocycles. The van der Waals surface area contributed by atoms with Crippen LogP contribution in [0, 0.1) is 0 Å². The SMILES string of the molecule is C=CCC1=C[C@]2(C[C@@H](O)C(C)(C)O2)C(=O)C(=C)C1=O. The van der Waals surface area contributed by atoms with Crippen molar-refractivity contribution in [2.45, 2.75) is 44.0 Å². The van der Waals surface area contributed by atoms with Crippen molar-refractivity contribution >= 4 is 11.6 Å². The van der Waals surface area contributed by atoms with Gasteiger partial charge in [0, 0.05) is 12.0 Å². The third-order valence-corrected chi connectivity index (χ3v) is 3.74. The normalized spacial score (nSPS) is 33.7. The molecule has 1 fully saturated rings. The van der Waals surface area contributed by atoms with Crippen LogP contribution in [-0.2, 0) is 14.3 Å². The molecule has 2 rings (SSSR count). The molecule has 1 aliphatic carbocycles. The molecule has 0 bridgehead atoms. The second-order valence-electron chi connectivity index (χ2n) is 5.61. The summed E-state index contributed by atoms with van der Waals surface area (Å²) in [5.41, 5.74) is -1.72. The molecule has 2 atom stereocenters. The summed E-state index contributed by atoms with van der Waals surface area (Å²) in [6.45, 7) is 10.6. The first-order valence-corrected chi connectivity index (χ1v) is 6.23. The van der Waals surface area contributed by atoms with Crippen molar-refractivity contribution < 1.29 is 19.4 Å². The monoisotopic (exact) mass is 262 g/mol. The molecule has 102 valence electrons. The molecule has 0 aromatic rings. The zero-order chi connectivity index (χ0) is 14.4. The van der Waals surface area contributed by atoms with E-state index in [9.17, 15) is 14.7 Å². The Balaban J connectivity index is 2.50. The second-order valence-corrected chi connectivity index (χ2v) is 5.61. The van der Waals surface area contributed by atoms with E-state index in [1.807, 2.05) is 0 Å². The highest BCUT2D eigenvalue weighted by atomic mass is 16.6. The Hall–Kier alpha value is -1.52. The highest BCUT2D eigenvalue weighted by Gasteiger charge is 2.56. The number of ether oxygens (including phenoxy) is 1. The van der Waals surface area contributed by atoms with Gasteiger partial charge in [-0.05, 0) is 26.3 Å². The van der Waals surface area contributed by atoms with Gasteiger partial charge in [-0.25, -0.2) is 0 Å². The van der Waals surface area contributed by atoms with E-state index in [1.165, 1.54) is 6.08 Å². The van der Waals surface area contributed by atoms with Gasteiger partial charge in [-0.15, -0.1) is 6.58 Å². The number of hydrogen-bond donors (Lipinski definition) is 1. The lowest BCUT2D eigenvalue weighted by molar-refractivity contribution is -0.143. The Morgan fingerprint density at radius 1 is 1.53 bits per heavy atom.